The van der Waals surface area contributed by atoms with Gasteiger partial charge < -0.3 is 10.1 Å². The van der Waals surface area contributed by atoms with E-state index in [1.807, 2.05) is 61.0 Å². The molecule has 2 heterocycles. The van der Waals surface area contributed by atoms with Gasteiger partial charge in [0.25, 0.3) is 0 Å². The minimum absolute atomic E-state index is 0.00612. The van der Waals surface area contributed by atoms with E-state index < -0.39 is 0 Å². The molecule has 0 fully saturated rings. The highest BCUT2D eigenvalue weighted by atomic mass is 32.1. The van der Waals surface area contributed by atoms with Crippen LogP contribution in [0.25, 0.3) is 10.2 Å². The van der Waals surface area contributed by atoms with Crippen molar-refractivity contribution in [1.29, 1.82) is 0 Å². The van der Waals surface area contributed by atoms with Crippen LogP contribution in [-0.4, -0.2) is 27.3 Å². The number of hydrogen-bond acceptors (Lipinski definition) is 5. The van der Waals surface area contributed by atoms with E-state index in [0.717, 1.165) is 32.2 Å². The van der Waals surface area contributed by atoms with Gasteiger partial charge in [0.1, 0.15) is 11.6 Å². The number of nitrogens with one attached hydrogen (secondary N) is 1. The first kappa shape index (κ1) is 20.3. The van der Waals surface area contributed by atoms with Crippen LogP contribution in [0.5, 0.6) is 0 Å². The fourth-order valence-electron chi connectivity index (χ4n) is 3.35. The first-order chi connectivity index (χ1) is 14.6. The molecule has 0 spiro atoms. The number of aromatic nitrogens is 3. The highest BCUT2D eigenvalue weighted by Crippen LogP contribution is 2.22. The minimum Gasteiger partial charge on any atom is -0.364 e. The molecule has 0 radical (unpaired) electrons. The maximum atomic E-state index is 12.2. The Morgan fingerprint density at radius 3 is 2.67 bits per heavy atom. The van der Waals surface area contributed by atoms with Crippen LogP contribution in [0.3, 0.4) is 0 Å². The third kappa shape index (κ3) is 4.75. The average molecular weight is 421 g/mol. The van der Waals surface area contributed by atoms with Gasteiger partial charge in [-0.25, -0.2) is 4.98 Å². The quantitative estimate of drug-likeness (QED) is 0.468. The van der Waals surface area contributed by atoms with Crippen molar-refractivity contribution in [2.75, 3.05) is 6.61 Å². The summed E-state index contributed by atoms with van der Waals surface area (Å²) in [5.41, 5.74) is 5.20. The zero-order valence-corrected chi connectivity index (χ0v) is 17.9. The van der Waals surface area contributed by atoms with Crippen LogP contribution in [0, 0.1) is 13.8 Å². The normalized spacial score (nSPS) is 11.1. The van der Waals surface area contributed by atoms with Crippen LogP contribution in [-0.2, 0) is 29.2 Å². The number of ether oxygens (including phenoxy) is 1. The highest BCUT2D eigenvalue weighted by molar-refractivity contribution is 7.18. The molecule has 0 aliphatic rings. The molecular weight excluding hydrogens is 396 g/mol. The topological polar surface area (TPSA) is 69.0 Å². The number of nitrogens with zero attached hydrogens (tertiary/aromatic N) is 3. The second-order valence-electron chi connectivity index (χ2n) is 7.14. The number of fused-ring (bicyclic) bond motifs is 1. The molecule has 6 nitrogen and oxygen atoms in total. The number of aryl methyl sites for hydroxylation is 1. The fraction of sp³-hybridized carbons (Fsp3) is 0.261. The van der Waals surface area contributed by atoms with Gasteiger partial charge in [0.05, 0.1) is 29.1 Å². The molecule has 2 aromatic carbocycles. The summed E-state index contributed by atoms with van der Waals surface area (Å²) >= 11 is 1.59. The molecule has 0 saturated heterocycles. The van der Waals surface area contributed by atoms with E-state index >= 15 is 0 Å². The van der Waals surface area contributed by atoms with Crippen LogP contribution >= 0.6 is 11.3 Å². The monoisotopic (exact) mass is 420 g/mol. The van der Waals surface area contributed by atoms with Crippen molar-refractivity contribution in [3.63, 3.8) is 0 Å². The Bertz CT molecular complexity index is 1120. The zero-order chi connectivity index (χ0) is 20.9. The van der Waals surface area contributed by atoms with Crippen molar-refractivity contribution in [3.05, 3.63) is 82.1 Å². The Morgan fingerprint density at radius 1 is 1.10 bits per heavy atom. The first-order valence-electron chi connectivity index (χ1n) is 9.86. The number of thiazole rings is 1. The van der Waals surface area contributed by atoms with Gasteiger partial charge in [0.2, 0.25) is 5.91 Å². The van der Waals surface area contributed by atoms with Gasteiger partial charge in [-0.05, 0) is 31.5 Å². The van der Waals surface area contributed by atoms with Gasteiger partial charge in [0.15, 0.2) is 0 Å². The zero-order valence-electron chi connectivity index (χ0n) is 17.1. The minimum atomic E-state index is -0.147. The third-order valence-corrected chi connectivity index (χ3v) is 5.98. The molecular formula is C23H24N4O2S. The molecule has 1 N–H and O–H groups in total. The van der Waals surface area contributed by atoms with E-state index in [1.165, 1.54) is 5.56 Å². The van der Waals surface area contributed by atoms with Gasteiger partial charge in [-0.2, -0.15) is 5.10 Å². The van der Waals surface area contributed by atoms with E-state index in [4.69, 9.17) is 4.74 Å². The summed E-state index contributed by atoms with van der Waals surface area (Å²) in [6, 6.07) is 18.2. The van der Waals surface area contributed by atoms with Crippen LogP contribution in [0.1, 0.15) is 27.5 Å². The predicted molar refractivity (Wildman–Crippen MR) is 118 cm³/mol. The maximum Gasteiger partial charge on any atom is 0.246 e. The molecule has 7 heteroatoms. The summed E-state index contributed by atoms with van der Waals surface area (Å²) in [5.74, 6) is -0.147. The molecule has 0 bridgehead atoms. The van der Waals surface area contributed by atoms with Crippen LogP contribution in [0.4, 0.5) is 0 Å². The lowest BCUT2D eigenvalue weighted by atomic mass is 10.2. The molecule has 4 aromatic rings. The van der Waals surface area contributed by atoms with E-state index in [1.54, 1.807) is 11.3 Å². The standard InChI is InChI=1S/C23H24N4O2S/c1-16-19(17(2)27(26-16)13-18-8-4-3-5-9-18)12-24-22(28)14-29-15-23-25-20-10-6-7-11-21(20)30-23/h3-11H,12-15H2,1-2H3,(H,24,28). The predicted octanol–water partition coefficient (Wildman–Crippen LogP) is 3.99. The molecule has 0 saturated carbocycles. The number of para-hydroxylation sites is 1. The van der Waals surface area contributed by atoms with Gasteiger partial charge in [-0.1, -0.05) is 42.5 Å². The van der Waals surface area contributed by atoms with Crippen molar-refractivity contribution >= 4 is 27.5 Å². The largest absolute Gasteiger partial charge is 0.364 e. The van der Waals surface area contributed by atoms with Crippen molar-refractivity contribution in [2.45, 2.75) is 33.5 Å². The molecule has 154 valence electrons. The summed E-state index contributed by atoms with van der Waals surface area (Å²) in [4.78, 5) is 16.7. The number of carbonyl (C=O) groups is 1. The van der Waals surface area contributed by atoms with Gasteiger partial charge in [0, 0.05) is 17.8 Å². The molecule has 0 unspecified atom stereocenters. The highest BCUT2D eigenvalue weighted by Gasteiger charge is 2.13. The average Bonchev–Trinajstić information content (AvgIpc) is 3.27. The van der Waals surface area contributed by atoms with Crippen molar-refractivity contribution in [2.24, 2.45) is 0 Å². The molecule has 0 atom stereocenters. The number of hydrogen-bond donors (Lipinski definition) is 1. The van der Waals surface area contributed by atoms with Gasteiger partial charge in [-0.3, -0.25) is 9.48 Å². The smallest absolute Gasteiger partial charge is 0.246 e. The first-order valence-corrected chi connectivity index (χ1v) is 10.7. The van der Waals surface area contributed by atoms with Crippen molar-refractivity contribution in [1.82, 2.24) is 20.1 Å². The number of amides is 1. The van der Waals surface area contributed by atoms with E-state index in [-0.39, 0.29) is 12.5 Å². The Hall–Kier alpha value is -3.03. The summed E-state index contributed by atoms with van der Waals surface area (Å²) in [7, 11) is 0. The Kier molecular flexibility index (Phi) is 6.21. The molecule has 30 heavy (non-hydrogen) atoms. The van der Waals surface area contributed by atoms with E-state index in [0.29, 0.717) is 19.7 Å². The summed E-state index contributed by atoms with van der Waals surface area (Å²) in [5, 5.41) is 8.44. The number of carbonyl (C=O) groups excluding carboxylic acids is 1. The van der Waals surface area contributed by atoms with Crippen LogP contribution in [0.2, 0.25) is 0 Å². The Balaban J connectivity index is 1.28. The summed E-state index contributed by atoms with van der Waals surface area (Å²) in [6.07, 6.45) is 0. The second kappa shape index (κ2) is 9.19. The maximum absolute atomic E-state index is 12.2. The molecule has 0 aliphatic heterocycles. The van der Waals surface area contributed by atoms with Gasteiger partial charge in [-0.15, -0.1) is 11.3 Å². The van der Waals surface area contributed by atoms with Crippen LogP contribution < -0.4 is 5.32 Å². The summed E-state index contributed by atoms with van der Waals surface area (Å²) in [6.45, 7) is 5.50. The fourth-order valence-corrected chi connectivity index (χ4v) is 4.26. The third-order valence-electron chi connectivity index (χ3n) is 4.97. The van der Waals surface area contributed by atoms with Crippen molar-refractivity contribution < 1.29 is 9.53 Å². The van der Waals surface area contributed by atoms with Crippen molar-refractivity contribution in [3.8, 4) is 0 Å². The molecule has 4 rings (SSSR count). The lowest BCUT2D eigenvalue weighted by molar-refractivity contribution is -0.126. The Labute approximate surface area is 179 Å². The van der Waals surface area contributed by atoms with Gasteiger partial charge >= 0.3 is 0 Å². The van der Waals surface area contributed by atoms with E-state index in [9.17, 15) is 4.79 Å². The molecule has 1 amide bonds. The van der Waals surface area contributed by atoms with E-state index in [2.05, 4.69) is 27.5 Å². The molecule has 2 aromatic heterocycles. The lowest BCUT2D eigenvalue weighted by Gasteiger charge is -2.07. The lowest BCUT2D eigenvalue weighted by Crippen LogP contribution is -2.27. The molecule has 0 aliphatic carbocycles. The van der Waals surface area contributed by atoms with Crippen LogP contribution in [0.15, 0.2) is 54.6 Å². The SMILES string of the molecule is Cc1nn(Cc2ccccc2)c(C)c1CNC(=O)COCc1nc2ccccc2s1. The number of benzene rings is 2. The Morgan fingerprint density at radius 2 is 1.87 bits per heavy atom. The summed E-state index contributed by atoms with van der Waals surface area (Å²) < 4.78 is 8.67. The number of rotatable bonds is 8. The second-order valence-corrected chi connectivity index (χ2v) is 8.25.